The van der Waals surface area contributed by atoms with Gasteiger partial charge >= 0.3 is 0 Å². The van der Waals surface area contributed by atoms with E-state index in [0.29, 0.717) is 55.3 Å². The standard InChI is InChI=1S/C19H21ClN8O2/c20-16-11-23-19(26-18(16)22-9-14-2-1-3-21-8-14)25-15-10-24-28(12-15)13-17(29)27-4-6-30-7-5-27/h1-3,8,10-12H,4-7,9,13H2,(H2,22,23,25,26). The van der Waals surface area contributed by atoms with Crippen molar-refractivity contribution >= 4 is 35.0 Å². The summed E-state index contributed by atoms with van der Waals surface area (Å²) in [5.41, 5.74) is 1.68. The van der Waals surface area contributed by atoms with Crippen LogP contribution in [0.15, 0.2) is 43.1 Å². The van der Waals surface area contributed by atoms with Crippen molar-refractivity contribution in [3.63, 3.8) is 0 Å². The molecule has 4 heterocycles. The van der Waals surface area contributed by atoms with Crippen LogP contribution in [-0.4, -0.2) is 61.8 Å². The monoisotopic (exact) mass is 428 g/mol. The highest BCUT2D eigenvalue weighted by Gasteiger charge is 2.17. The molecule has 156 valence electrons. The smallest absolute Gasteiger partial charge is 0.244 e. The highest BCUT2D eigenvalue weighted by atomic mass is 35.5. The number of rotatable bonds is 7. The molecule has 0 atom stereocenters. The summed E-state index contributed by atoms with van der Waals surface area (Å²) < 4.78 is 6.85. The number of morpholine rings is 1. The number of halogens is 1. The average molecular weight is 429 g/mol. The first-order valence-electron chi connectivity index (χ1n) is 9.48. The molecule has 3 aromatic heterocycles. The molecule has 11 heteroatoms. The summed E-state index contributed by atoms with van der Waals surface area (Å²) in [4.78, 5) is 26.8. The van der Waals surface area contributed by atoms with E-state index in [1.54, 1.807) is 34.4 Å². The summed E-state index contributed by atoms with van der Waals surface area (Å²) in [6.07, 6.45) is 8.37. The molecule has 0 aliphatic carbocycles. The number of anilines is 3. The van der Waals surface area contributed by atoms with Crippen molar-refractivity contribution in [3.05, 3.63) is 53.7 Å². The molecule has 1 aliphatic rings. The summed E-state index contributed by atoms with van der Waals surface area (Å²) in [5.74, 6) is 0.887. The van der Waals surface area contributed by atoms with Crippen molar-refractivity contribution in [3.8, 4) is 0 Å². The highest BCUT2D eigenvalue weighted by Crippen LogP contribution is 2.22. The van der Waals surface area contributed by atoms with Gasteiger partial charge in [0.2, 0.25) is 11.9 Å². The number of hydrogen-bond acceptors (Lipinski definition) is 8. The first-order valence-corrected chi connectivity index (χ1v) is 9.85. The fourth-order valence-electron chi connectivity index (χ4n) is 2.93. The second kappa shape index (κ2) is 9.51. The van der Waals surface area contributed by atoms with E-state index in [2.05, 4.69) is 30.7 Å². The van der Waals surface area contributed by atoms with Gasteiger partial charge in [-0.1, -0.05) is 17.7 Å². The lowest BCUT2D eigenvalue weighted by molar-refractivity contribution is -0.136. The van der Waals surface area contributed by atoms with Gasteiger partial charge in [0.15, 0.2) is 5.82 Å². The van der Waals surface area contributed by atoms with E-state index < -0.39 is 0 Å². The normalized spacial score (nSPS) is 13.8. The molecule has 1 aliphatic heterocycles. The summed E-state index contributed by atoms with van der Waals surface area (Å²) >= 11 is 6.20. The summed E-state index contributed by atoms with van der Waals surface area (Å²) in [5, 5.41) is 10.9. The zero-order valence-electron chi connectivity index (χ0n) is 16.2. The van der Waals surface area contributed by atoms with E-state index in [1.165, 1.54) is 6.20 Å². The van der Waals surface area contributed by atoms with Crippen molar-refractivity contribution < 1.29 is 9.53 Å². The van der Waals surface area contributed by atoms with Crippen LogP contribution >= 0.6 is 11.6 Å². The lowest BCUT2D eigenvalue weighted by Crippen LogP contribution is -2.42. The second-order valence-corrected chi connectivity index (χ2v) is 7.06. The Bertz CT molecular complexity index is 991. The van der Waals surface area contributed by atoms with Crippen LogP contribution in [0.5, 0.6) is 0 Å². The Morgan fingerprint density at radius 1 is 1.23 bits per heavy atom. The SMILES string of the molecule is O=C(Cn1cc(Nc2ncc(Cl)c(NCc3cccnc3)n2)cn1)N1CCOCC1. The van der Waals surface area contributed by atoms with E-state index >= 15 is 0 Å². The number of nitrogens with zero attached hydrogens (tertiary/aromatic N) is 6. The van der Waals surface area contributed by atoms with Gasteiger partial charge < -0.3 is 20.3 Å². The fourth-order valence-corrected chi connectivity index (χ4v) is 3.09. The molecule has 30 heavy (non-hydrogen) atoms. The Morgan fingerprint density at radius 2 is 2.10 bits per heavy atom. The summed E-state index contributed by atoms with van der Waals surface area (Å²) in [6.45, 7) is 3.06. The number of ether oxygens (including phenoxy) is 1. The van der Waals surface area contributed by atoms with Crippen LogP contribution in [0.4, 0.5) is 17.5 Å². The molecule has 1 amide bonds. The van der Waals surface area contributed by atoms with Crippen LogP contribution in [0.1, 0.15) is 5.56 Å². The Labute approximate surface area is 178 Å². The minimum absolute atomic E-state index is 0.0116. The molecule has 3 aromatic rings. The quantitative estimate of drug-likeness (QED) is 0.587. The summed E-state index contributed by atoms with van der Waals surface area (Å²) in [6, 6.07) is 3.83. The van der Waals surface area contributed by atoms with E-state index in [-0.39, 0.29) is 12.5 Å². The average Bonchev–Trinajstić information content (AvgIpc) is 3.22. The van der Waals surface area contributed by atoms with E-state index in [9.17, 15) is 4.79 Å². The Hall–Kier alpha value is -3.24. The minimum Gasteiger partial charge on any atom is -0.378 e. The third-order valence-electron chi connectivity index (χ3n) is 4.48. The zero-order valence-corrected chi connectivity index (χ0v) is 16.9. The van der Waals surface area contributed by atoms with Crippen molar-refractivity contribution in [2.24, 2.45) is 0 Å². The molecule has 10 nitrogen and oxygen atoms in total. The molecule has 0 bridgehead atoms. The van der Waals surface area contributed by atoms with E-state index in [4.69, 9.17) is 16.3 Å². The van der Waals surface area contributed by atoms with Gasteiger partial charge in [-0.3, -0.25) is 14.5 Å². The Morgan fingerprint density at radius 3 is 2.90 bits per heavy atom. The Balaban J connectivity index is 1.36. The molecular weight excluding hydrogens is 408 g/mol. The van der Waals surface area contributed by atoms with Crippen molar-refractivity contribution in [2.45, 2.75) is 13.1 Å². The third-order valence-corrected chi connectivity index (χ3v) is 4.75. The number of amides is 1. The first-order chi connectivity index (χ1) is 14.7. The first kappa shape index (κ1) is 20.0. The maximum Gasteiger partial charge on any atom is 0.244 e. The molecule has 1 saturated heterocycles. The number of aromatic nitrogens is 5. The molecular formula is C19H21ClN8O2. The molecule has 0 aromatic carbocycles. The highest BCUT2D eigenvalue weighted by molar-refractivity contribution is 6.32. The summed E-state index contributed by atoms with van der Waals surface area (Å²) in [7, 11) is 0. The lowest BCUT2D eigenvalue weighted by atomic mass is 10.3. The largest absolute Gasteiger partial charge is 0.378 e. The topological polar surface area (TPSA) is 110 Å². The maximum absolute atomic E-state index is 12.3. The van der Waals surface area contributed by atoms with Crippen molar-refractivity contribution in [1.82, 2.24) is 29.6 Å². The van der Waals surface area contributed by atoms with Crippen LogP contribution in [0.25, 0.3) is 0 Å². The van der Waals surface area contributed by atoms with Gasteiger partial charge in [0, 0.05) is 38.2 Å². The number of carbonyl (C=O) groups excluding carboxylic acids is 1. The van der Waals surface area contributed by atoms with Crippen LogP contribution < -0.4 is 10.6 Å². The molecule has 0 spiro atoms. The molecule has 0 radical (unpaired) electrons. The van der Waals surface area contributed by atoms with Crippen LogP contribution in [0, 0.1) is 0 Å². The number of hydrogen-bond donors (Lipinski definition) is 2. The predicted molar refractivity (Wildman–Crippen MR) is 112 cm³/mol. The van der Waals surface area contributed by atoms with Gasteiger partial charge in [-0.2, -0.15) is 10.1 Å². The molecule has 0 unspecified atom stereocenters. The second-order valence-electron chi connectivity index (χ2n) is 6.65. The van der Waals surface area contributed by atoms with Gasteiger partial charge in [0.25, 0.3) is 0 Å². The maximum atomic E-state index is 12.3. The number of nitrogens with one attached hydrogen (secondary N) is 2. The molecule has 2 N–H and O–H groups in total. The van der Waals surface area contributed by atoms with Gasteiger partial charge in [-0.05, 0) is 11.6 Å². The lowest BCUT2D eigenvalue weighted by Gasteiger charge is -2.26. The van der Waals surface area contributed by atoms with Crippen molar-refractivity contribution in [2.75, 3.05) is 36.9 Å². The predicted octanol–water partition coefficient (Wildman–Crippen LogP) is 1.94. The van der Waals surface area contributed by atoms with Gasteiger partial charge in [0.1, 0.15) is 11.6 Å². The third kappa shape index (κ3) is 5.22. The molecule has 0 saturated carbocycles. The number of pyridine rings is 1. The van der Waals surface area contributed by atoms with Crippen LogP contribution in [-0.2, 0) is 22.6 Å². The van der Waals surface area contributed by atoms with E-state index in [1.807, 2.05) is 12.1 Å². The minimum atomic E-state index is 0.0116. The molecule has 1 fully saturated rings. The fraction of sp³-hybridized carbons (Fsp3) is 0.316. The Kier molecular flexibility index (Phi) is 6.35. The van der Waals surface area contributed by atoms with E-state index in [0.717, 1.165) is 5.56 Å². The zero-order chi connectivity index (χ0) is 20.8. The van der Waals surface area contributed by atoms with Gasteiger partial charge in [-0.25, -0.2) is 4.98 Å². The molecule has 4 rings (SSSR count). The van der Waals surface area contributed by atoms with Crippen LogP contribution in [0.2, 0.25) is 5.02 Å². The van der Waals surface area contributed by atoms with Gasteiger partial charge in [0.05, 0.1) is 31.3 Å². The van der Waals surface area contributed by atoms with Crippen LogP contribution in [0.3, 0.4) is 0 Å². The number of carbonyl (C=O) groups is 1. The van der Waals surface area contributed by atoms with Gasteiger partial charge in [-0.15, -0.1) is 0 Å². The van der Waals surface area contributed by atoms with Crippen molar-refractivity contribution in [1.29, 1.82) is 0 Å².